The summed E-state index contributed by atoms with van der Waals surface area (Å²) in [7, 11) is 0. The Kier molecular flexibility index (Phi) is 2.99. The summed E-state index contributed by atoms with van der Waals surface area (Å²) >= 11 is 0. The molecule has 1 heterocycles. The molecule has 1 aromatic carbocycles. The number of fused-ring (bicyclic) bond motifs is 1. The molecule has 1 amide bonds. The second-order valence-electron chi connectivity index (χ2n) is 4.95. The van der Waals surface area contributed by atoms with E-state index in [0.717, 1.165) is 18.4 Å². The van der Waals surface area contributed by atoms with E-state index < -0.39 is 0 Å². The van der Waals surface area contributed by atoms with Crippen molar-refractivity contribution in [1.29, 1.82) is 0 Å². The Hall–Kier alpha value is -1.31. The quantitative estimate of drug-likeness (QED) is 0.828. The van der Waals surface area contributed by atoms with Gasteiger partial charge in [-0.3, -0.25) is 4.79 Å². The number of rotatable bonds is 3. The van der Waals surface area contributed by atoms with Crippen LogP contribution in [0.5, 0.6) is 0 Å². The smallest absolute Gasteiger partial charge is 0.251 e. The van der Waals surface area contributed by atoms with Gasteiger partial charge < -0.3 is 5.32 Å². The van der Waals surface area contributed by atoms with Gasteiger partial charge in [-0.2, -0.15) is 0 Å². The molecule has 1 aromatic rings. The van der Waals surface area contributed by atoms with Gasteiger partial charge in [-0.1, -0.05) is 38.0 Å². The second kappa shape index (κ2) is 4.28. The molecule has 0 bridgehead atoms. The molecule has 1 N–H and O–H groups in total. The third kappa shape index (κ3) is 2.11. The molecule has 2 rings (SSSR count). The predicted molar refractivity (Wildman–Crippen MR) is 65.5 cm³/mol. The van der Waals surface area contributed by atoms with Crippen LogP contribution in [0.25, 0.3) is 0 Å². The van der Waals surface area contributed by atoms with E-state index in [-0.39, 0.29) is 11.4 Å². The first-order valence-electron chi connectivity index (χ1n) is 6.05. The lowest BCUT2D eigenvalue weighted by Gasteiger charge is -2.35. The van der Waals surface area contributed by atoms with Gasteiger partial charge in [0.1, 0.15) is 0 Å². The Morgan fingerprint density at radius 1 is 1.38 bits per heavy atom. The van der Waals surface area contributed by atoms with Crippen molar-refractivity contribution in [3.63, 3.8) is 0 Å². The van der Waals surface area contributed by atoms with Crippen LogP contribution >= 0.6 is 0 Å². The van der Waals surface area contributed by atoms with Gasteiger partial charge in [-0.05, 0) is 31.4 Å². The SMILES string of the molecule is CCCC[C@@]1(C)Cc2ccccc2C(=O)N1. The van der Waals surface area contributed by atoms with Crippen molar-refractivity contribution < 1.29 is 4.79 Å². The molecule has 0 aromatic heterocycles. The molecule has 86 valence electrons. The normalized spacial score (nSPS) is 23.8. The molecule has 2 heteroatoms. The molecule has 0 saturated heterocycles. The topological polar surface area (TPSA) is 29.1 Å². The molecule has 0 spiro atoms. The van der Waals surface area contributed by atoms with Gasteiger partial charge in [-0.15, -0.1) is 0 Å². The number of carbonyl (C=O) groups excluding carboxylic acids is 1. The number of hydrogen-bond acceptors (Lipinski definition) is 1. The number of benzene rings is 1. The Morgan fingerprint density at radius 2 is 2.12 bits per heavy atom. The van der Waals surface area contributed by atoms with Crippen LogP contribution in [-0.2, 0) is 6.42 Å². The highest BCUT2D eigenvalue weighted by atomic mass is 16.1. The third-order valence-corrected chi connectivity index (χ3v) is 3.34. The Bertz CT molecular complexity index is 399. The maximum atomic E-state index is 12.0. The minimum absolute atomic E-state index is 0.0541. The second-order valence-corrected chi connectivity index (χ2v) is 4.95. The monoisotopic (exact) mass is 217 g/mol. The van der Waals surface area contributed by atoms with E-state index >= 15 is 0 Å². The van der Waals surface area contributed by atoms with Crippen molar-refractivity contribution >= 4 is 5.91 Å². The van der Waals surface area contributed by atoms with Crippen molar-refractivity contribution in [2.75, 3.05) is 0 Å². The van der Waals surface area contributed by atoms with E-state index in [4.69, 9.17) is 0 Å². The number of amides is 1. The Balaban J connectivity index is 2.23. The molecular formula is C14H19NO. The van der Waals surface area contributed by atoms with Crippen molar-refractivity contribution in [1.82, 2.24) is 5.32 Å². The summed E-state index contributed by atoms with van der Waals surface area (Å²) in [6.07, 6.45) is 4.35. The van der Waals surface area contributed by atoms with Crippen LogP contribution < -0.4 is 5.32 Å². The maximum absolute atomic E-state index is 12.0. The molecular weight excluding hydrogens is 198 g/mol. The molecule has 1 aliphatic rings. The van der Waals surface area contributed by atoms with Crippen LogP contribution in [0.15, 0.2) is 24.3 Å². The fourth-order valence-corrected chi connectivity index (χ4v) is 2.42. The van der Waals surface area contributed by atoms with Crippen molar-refractivity contribution in [2.45, 2.75) is 45.1 Å². The molecule has 0 saturated carbocycles. The molecule has 0 unspecified atom stereocenters. The zero-order chi connectivity index (χ0) is 11.6. The minimum Gasteiger partial charge on any atom is -0.347 e. The van der Waals surface area contributed by atoms with E-state index in [1.165, 1.54) is 18.4 Å². The van der Waals surface area contributed by atoms with Crippen LogP contribution in [-0.4, -0.2) is 11.4 Å². The maximum Gasteiger partial charge on any atom is 0.251 e. The van der Waals surface area contributed by atoms with E-state index in [1.807, 2.05) is 18.2 Å². The van der Waals surface area contributed by atoms with Crippen molar-refractivity contribution in [3.8, 4) is 0 Å². The van der Waals surface area contributed by atoms with Crippen LogP contribution in [0.1, 0.15) is 49.0 Å². The average molecular weight is 217 g/mol. The predicted octanol–water partition coefficient (Wildman–Crippen LogP) is 2.92. The highest BCUT2D eigenvalue weighted by molar-refractivity contribution is 5.97. The molecule has 2 nitrogen and oxygen atoms in total. The highest BCUT2D eigenvalue weighted by Crippen LogP contribution is 2.26. The number of hydrogen-bond donors (Lipinski definition) is 1. The van der Waals surface area contributed by atoms with Gasteiger partial charge >= 0.3 is 0 Å². The van der Waals surface area contributed by atoms with Gasteiger partial charge in [0, 0.05) is 11.1 Å². The van der Waals surface area contributed by atoms with Crippen LogP contribution in [0.2, 0.25) is 0 Å². The Morgan fingerprint density at radius 3 is 2.88 bits per heavy atom. The molecule has 1 aliphatic heterocycles. The zero-order valence-electron chi connectivity index (χ0n) is 10.0. The first-order chi connectivity index (χ1) is 7.64. The molecule has 0 radical (unpaired) electrons. The lowest BCUT2D eigenvalue weighted by atomic mass is 9.82. The molecule has 0 fully saturated rings. The van der Waals surface area contributed by atoms with Crippen molar-refractivity contribution in [3.05, 3.63) is 35.4 Å². The minimum atomic E-state index is -0.0541. The van der Waals surface area contributed by atoms with Crippen LogP contribution in [0.3, 0.4) is 0 Å². The summed E-state index contributed by atoms with van der Waals surface area (Å²) < 4.78 is 0. The van der Waals surface area contributed by atoms with Crippen LogP contribution in [0, 0.1) is 0 Å². The van der Waals surface area contributed by atoms with Gasteiger partial charge in [0.15, 0.2) is 0 Å². The molecule has 1 atom stereocenters. The average Bonchev–Trinajstić information content (AvgIpc) is 2.26. The first kappa shape index (κ1) is 11.2. The summed E-state index contributed by atoms with van der Waals surface area (Å²) in [6.45, 7) is 4.33. The highest BCUT2D eigenvalue weighted by Gasteiger charge is 2.32. The fourth-order valence-electron chi connectivity index (χ4n) is 2.42. The number of carbonyl (C=O) groups is 1. The lowest BCUT2D eigenvalue weighted by molar-refractivity contribution is 0.0881. The number of nitrogens with one attached hydrogen (secondary N) is 1. The molecule has 16 heavy (non-hydrogen) atoms. The lowest BCUT2D eigenvalue weighted by Crippen LogP contribution is -2.51. The van der Waals surface area contributed by atoms with E-state index in [1.54, 1.807) is 0 Å². The van der Waals surface area contributed by atoms with E-state index in [9.17, 15) is 4.79 Å². The zero-order valence-corrected chi connectivity index (χ0v) is 10.0. The van der Waals surface area contributed by atoms with Crippen molar-refractivity contribution in [2.24, 2.45) is 0 Å². The van der Waals surface area contributed by atoms with E-state index in [2.05, 4.69) is 25.2 Å². The standard InChI is InChI=1S/C14H19NO/c1-3-4-9-14(2)10-11-7-5-6-8-12(11)13(16)15-14/h5-8H,3-4,9-10H2,1-2H3,(H,15,16)/t14-/m0/s1. The summed E-state index contributed by atoms with van der Waals surface area (Å²) in [6, 6.07) is 7.91. The van der Waals surface area contributed by atoms with Gasteiger partial charge in [0.25, 0.3) is 5.91 Å². The van der Waals surface area contributed by atoms with Gasteiger partial charge in [-0.25, -0.2) is 0 Å². The first-order valence-corrected chi connectivity index (χ1v) is 6.05. The fraction of sp³-hybridized carbons (Fsp3) is 0.500. The summed E-state index contributed by atoms with van der Waals surface area (Å²) in [4.78, 5) is 12.0. The molecule has 0 aliphatic carbocycles. The number of unbranched alkanes of at least 4 members (excludes halogenated alkanes) is 1. The Labute approximate surface area is 97.1 Å². The van der Waals surface area contributed by atoms with Crippen LogP contribution in [0.4, 0.5) is 0 Å². The summed E-state index contributed by atoms with van der Waals surface area (Å²) in [5.41, 5.74) is 1.97. The third-order valence-electron chi connectivity index (χ3n) is 3.34. The van der Waals surface area contributed by atoms with Gasteiger partial charge in [0.2, 0.25) is 0 Å². The summed E-state index contributed by atoms with van der Waals surface area (Å²) in [5.74, 6) is 0.0838. The largest absolute Gasteiger partial charge is 0.347 e. The van der Waals surface area contributed by atoms with Gasteiger partial charge in [0.05, 0.1) is 0 Å². The summed E-state index contributed by atoms with van der Waals surface area (Å²) in [5, 5.41) is 3.14. The van der Waals surface area contributed by atoms with E-state index in [0.29, 0.717) is 0 Å².